The lowest BCUT2D eigenvalue weighted by Gasteiger charge is -2.37. The number of likely N-dealkylation sites (N-methyl/N-ethyl adjacent to an activating group) is 1. The summed E-state index contributed by atoms with van der Waals surface area (Å²) in [5.74, 6) is -1.76. The van der Waals surface area contributed by atoms with E-state index in [2.05, 4.69) is 10.7 Å². The Morgan fingerprint density at radius 1 is 0.774 bits per heavy atom. The molecular weight excluding hydrogens is 674 g/mol. The summed E-state index contributed by atoms with van der Waals surface area (Å²) in [5.41, 5.74) is 3.47. The van der Waals surface area contributed by atoms with E-state index in [1.807, 2.05) is 106 Å². The van der Waals surface area contributed by atoms with Crippen LogP contribution in [-0.4, -0.2) is 91.6 Å². The second kappa shape index (κ2) is 18.6. The summed E-state index contributed by atoms with van der Waals surface area (Å²) in [7, 11) is 3.19. The summed E-state index contributed by atoms with van der Waals surface area (Å²) in [6.45, 7) is 11.2. The number of hydrogen-bond acceptors (Lipinski definition) is 8. The van der Waals surface area contributed by atoms with Gasteiger partial charge in [-0.25, -0.2) is 9.80 Å². The molecule has 0 aromatic heterocycles. The first kappa shape index (κ1) is 40.7. The fraction of sp³-hybridized carbons (Fsp3) is 0.415. The summed E-state index contributed by atoms with van der Waals surface area (Å²) < 4.78 is 17.4. The van der Waals surface area contributed by atoms with Crippen LogP contribution < -0.4 is 15.6 Å². The third-order valence-corrected chi connectivity index (χ3v) is 8.58. The molecule has 0 fully saturated rings. The first-order valence-electron chi connectivity index (χ1n) is 18.0. The summed E-state index contributed by atoms with van der Waals surface area (Å²) in [6, 6.07) is 24.8. The van der Waals surface area contributed by atoms with Gasteiger partial charge in [-0.1, -0.05) is 78.9 Å². The Morgan fingerprint density at radius 3 is 1.96 bits per heavy atom. The standard InChI is InChI=1S/C41H53N5O7/c1-9-51-39(52-10-2)28(3)46(26-31-21-15-19-29-17-11-13-22-32(29)31)38(49)34(25-37(48)53-41(4,5)6)42-36(47)27-44(7)43-40(50)45(8)35-24-16-20-30-18-12-14-23-33(30)35/h11-24,28,34,39H,9-10,25-27H2,1-8H3,(H,42,47)(H,43,50)/t28-,34?/m0/s1. The molecule has 0 spiro atoms. The molecule has 2 atom stereocenters. The van der Waals surface area contributed by atoms with Crippen LogP contribution in [0.15, 0.2) is 84.9 Å². The Labute approximate surface area is 312 Å². The highest BCUT2D eigenvalue weighted by Gasteiger charge is 2.36. The van der Waals surface area contributed by atoms with E-state index in [0.29, 0.717) is 18.9 Å². The highest BCUT2D eigenvalue weighted by Crippen LogP contribution is 2.26. The molecular formula is C41H53N5O7. The van der Waals surface area contributed by atoms with Gasteiger partial charge in [0.05, 0.1) is 24.7 Å². The number of amides is 4. The molecule has 284 valence electrons. The van der Waals surface area contributed by atoms with Gasteiger partial charge in [0.25, 0.3) is 0 Å². The maximum Gasteiger partial charge on any atom is 0.336 e. The second-order valence-corrected chi connectivity index (χ2v) is 13.9. The maximum absolute atomic E-state index is 14.7. The number of urea groups is 1. The molecule has 0 aliphatic carbocycles. The minimum Gasteiger partial charge on any atom is -0.460 e. The predicted molar refractivity (Wildman–Crippen MR) is 207 cm³/mol. The van der Waals surface area contributed by atoms with E-state index >= 15 is 0 Å². The molecule has 0 radical (unpaired) electrons. The molecule has 4 aromatic rings. The number of anilines is 1. The van der Waals surface area contributed by atoms with Crippen molar-refractivity contribution >= 4 is 51.0 Å². The number of fused-ring (bicyclic) bond motifs is 2. The van der Waals surface area contributed by atoms with E-state index < -0.39 is 54.2 Å². The van der Waals surface area contributed by atoms with Crippen LogP contribution in [0.3, 0.4) is 0 Å². The predicted octanol–water partition coefficient (Wildman–Crippen LogP) is 6.02. The van der Waals surface area contributed by atoms with Crippen molar-refractivity contribution in [1.29, 1.82) is 0 Å². The number of rotatable bonds is 16. The van der Waals surface area contributed by atoms with Crippen LogP contribution >= 0.6 is 0 Å². The van der Waals surface area contributed by atoms with Crippen molar-refractivity contribution in [1.82, 2.24) is 20.7 Å². The van der Waals surface area contributed by atoms with E-state index in [4.69, 9.17) is 14.2 Å². The number of nitrogens with one attached hydrogen (secondary N) is 2. The number of nitrogens with zero attached hydrogens (tertiary/aromatic N) is 3. The summed E-state index contributed by atoms with van der Waals surface area (Å²) in [6.07, 6.45) is -1.20. The summed E-state index contributed by atoms with van der Waals surface area (Å²) in [4.78, 5) is 57.9. The molecule has 0 saturated carbocycles. The third-order valence-electron chi connectivity index (χ3n) is 8.58. The zero-order valence-electron chi connectivity index (χ0n) is 32.0. The lowest BCUT2D eigenvalue weighted by Crippen LogP contribution is -2.57. The number of carbonyl (C=O) groups excluding carboxylic acids is 4. The van der Waals surface area contributed by atoms with Gasteiger partial charge in [0.2, 0.25) is 11.8 Å². The van der Waals surface area contributed by atoms with Gasteiger partial charge in [0, 0.05) is 39.2 Å². The highest BCUT2D eigenvalue weighted by atomic mass is 16.7. The molecule has 0 aliphatic rings. The van der Waals surface area contributed by atoms with Crippen molar-refractivity contribution in [2.75, 3.05) is 38.8 Å². The molecule has 0 aliphatic heterocycles. The number of esters is 1. The number of hydrogen-bond donors (Lipinski definition) is 2. The van der Waals surface area contributed by atoms with E-state index in [1.54, 1.807) is 39.8 Å². The van der Waals surface area contributed by atoms with Crippen molar-refractivity contribution in [3.63, 3.8) is 0 Å². The van der Waals surface area contributed by atoms with Crippen LogP contribution in [0, 0.1) is 0 Å². The zero-order valence-corrected chi connectivity index (χ0v) is 32.0. The molecule has 0 saturated heterocycles. The van der Waals surface area contributed by atoms with Gasteiger partial charge in [0.1, 0.15) is 11.6 Å². The Kier molecular flexibility index (Phi) is 14.3. The van der Waals surface area contributed by atoms with Crippen LogP contribution in [0.5, 0.6) is 0 Å². The first-order valence-corrected chi connectivity index (χ1v) is 18.0. The van der Waals surface area contributed by atoms with Crippen LogP contribution in [0.4, 0.5) is 10.5 Å². The van der Waals surface area contributed by atoms with E-state index in [0.717, 1.165) is 27.1 Å². The lowest BCUT2D eigenvalue weighted by atomic mass is 10.0. The number of carbonyl (C=O) groups is 4. The van der Waals surface area contributed by atoms with Gasteiger partial charge in [0.15, 0.2) is 6.29 Å². The minimum atomic E-state index is -1.30. The van der Waals surface area contributed by atoms with Crippen molar-refractivity contribution in [2.45, 2.75) is 78.5 Å². The zero-order chi connectivity index (χ0) is 38.7. The molecule has 4 amide bonds. The van der Waals surface area contributed by atoms with Crippen molar-refractivity contribution in [3.8, 4) is 0 Å². The fourth-order valence-corrected chi connectivity index (χ4v) is 6.13. The van der Waals surface area contributed by atoms with Gasteiger partial charge in [-0.05, 0) is 69.3 Å². The van der Waals surface area contributed by atoms with Crippen molar-refractivity contribution in [3.05, 3.63) is 90.5 Å². The van der Waals surface area contributed by atoms with Crippen LogP contribution in [0.1, 0.15) is 53.5 Å². The SMILES string of the molecule is CCOC(OCC)[C@H](C)N(Cc1cccc2ccccc12)C(=O)C(CC(=O)OC(C)(C)C)NC(=O)CN(C)NC(=O)N(C)c1cccc2ccccc12. The second-order valence-electron chi connectivity index (χ2n) is 13.9. The topological polar surface area (TPSA) is 130 Å². The highest BCUT2D eigenvalue weighted by molar-refractivity contribution is 6.02. The maximum atomic E-state index is 14.7. The van der Waals surface area contributed by atoms with Gasteiger partial charge in [-0.2, -0.15) is 0 Å². The molecule has 4 rings (SSSR count). The summed E-state index contributed by atoms with van der Waals surface area (Å²) in [5, 5.41) is 7.94. The molecule has 0 bridgehead atoms. The normalized spacial score (nSPS) is 12.8. The van der Waals surface area contributed by atoms with Crippen LogP contribution in [0.25, 0.3) is 21.5 Å². The lowest BCUT2D eigenvalue weighted by molar-refractivity contribution is -0.180. The average Bonchev–Trinajstić information content (AvgIpc) is 3.11. The average molecular weight is 728 g/mol. The molecule has 4 aromatic carbocycles. The van der Waals surface area contributed by atoms with Gasteiger partial charge in [-0.15, -0.1) is 0 Å². The quantitative estimate of drug-likeness (QED) is 0.0815. The number of benzene rings is 4. The molecule has 53 heavy (non-hydrogen) atoms. The molecule has 12 nitrogen and oxygen atoms in total. The molecule has 1 unspecified atom stereocenters. The Morgan fingerprint density at radius 2 is 1.34 bits per heavy atom. The van der Waals surface area contributed by atoms with Crippen molar-refractivity contribution in [2.24, 2.45) is 0 Å². The van der Waals surface area contributed by atoms with Crippen LogP contribution in [-0.2, 0) is 35.1 Å². The van der Waals surface area contributed by atoms with Crippen LogP contribution in [0.2, 0.25) is 0 Å². The Bertz CT molecular complexity index is 1860. The van der Waals surface area contributed by atoms with Crippen molar-refractivity contribution < 1.29 is 33.4 Å². The molecule has 12 heteroatoms. The van der Waals surface area contributed by atoms with Gasteiger partial charge in [-0.3, -0.25) is 24.7 Å². The summed E-state index contributed by atoms with van der Waals surface area (Å²) >= 11 is 0. The fourth-order valence-electron chi connectivity index (χ4n) is 6.13. The Balaban J connectivity index is 1.58. The van der Waals surface area contributed by atoms with E-state index in [-0.39, 0.29) is 13.1 Å². The third kappa shape index (κ3) is 11.2. The van der Waals surface area contributed by atoms with E-state index in [9.17, 15) is 19.2 Å². The Hall–Kier alpha value is -5.04. The number of hydrazine groups is 1. The molecule has 0 heterocycles. The van der Waals surface area contributed by atoms with Gasteiger partial charge >= 0.3 is 12.0 Å². The molecule has 2 N–H and O–H groups in total. The smallest absolute Gasteiger partial charge is 0.336 e. The number of ether oxygens (including phenoxy) is 3. The largest absolute Gasteiger partial charge is 0.460 e. The first-order chi connectivity index (χ1) is 25.2. The minimum absolute atomic E-state index is 0.148. The van der Waals surface area contributed by atoms with Gasteiger partial charge < -0.3 is 24.4 Å². The van der Waals surface area contributed by atoms with E-state index in [1.165, 1.54) is 9.91 Å². The monoisotopic (exact) mass is 727 g/mol.